The van der Waals surface area contributed by atoms with Gasteiger partial charge in [0.25, 0.3) is 0 Å². The van der Waals surface area contributed by atoms with Gasteiger partial charge in [-0.2, -0.15) is 5.26 Å². The third-order valence-corrected chi connectivity index (χ3v) is 2.41. The Morgan fingerprint density at radius 2 is 2.07 bits per heavy atom. The number of hydrogen-bond acceptors (Lipinski definition) is 2. The van der Waals surface area contributed by atoms with Gasteiger partial charge in [0.1, 0.15) is 6.04 Å². The van der Waals surface area contributed by atoms with Crippen LogP contribution < -0.4 is 5.32 Å². The fourth-order valence-electron chi connectivity index (χ4n) is 1.49. The van der Waals surface area contributed by atoms with Crippen LogP contribution in [0.1, 0.15) is 31.0 Å². The third-order valence-electron chi connectivity index (χ3n) is 2.17. The van der Waals surface area contributed by atoms with E-state index in [2.05, 4.69) is 11.4 Å². The van der Waals surface area contributed by atoms with Gasteiger partial charge in [-0.05, 0) is 44.0 Å². The van der Waals surface area contributed by atoms with Crippen LogP contribution in [-0.4, -0.2) is 6.04 Å². The van der Waals surface area contributed by atoms with E-state index in [4.69, 9.17) is 16.9 Å². The van der Waals surface area contributed by atoms with Crippen LogP contribution >= 0.6 is 11.6 Å². The molecule has 2 nitrogen and oxygen atoms in total. The first-order valence-corrected chi connectivity index (χ1v) is 5.34. The van der Waals surface area contributed by atoms with Crippen LogP contribution in [0.5, 0.6) is 0 Å². The summed E-state index contributed by atoms with van der Waals surface area (Å²) in [7, 11) is 0. The lowest BCUT2D eigenvalue weighted by atomic mass is 10.0. The number of nitrogens with one attached hydrogen (secondary N) is 1. The summed E-state index contributed by atoms with van der Waals surface area (Å²) < 4.78 is 0. The fraction of sp³-hybridized carbons (Fsp3) is 0.417. The van der Waals surface area contributed by atoms with Crippen LogP contribution in [0.4, 0.5) is 0 Å². The number of halogens is 1. The van der Waals surface area contributed by atoms with Gasteiger partial charge >= 0.3 is 0 Å². The minimum Gasteiger partial charge on any atom is -0.296 e. The lowest BCUT2D eigenvalue weighted by molar-refractivity contribution is 0.545. The molecular weight excluding hydrogens is 208 g/mol. The average Bonchev–Trinajstić information content (AvgIpc) is 2.14. The zero-order valence-electron chi connectivity index (χ0n) is 9.21. The molecule has 0 saturated carbocycles. The number of nitrogens with zero attached hydrogens (tertiary/aromatic N) is 1. The monoisotopic (exact) mass is 222 g/mol. The Morgan fingerprint density at radius 1 is 1.40 bits per heavy atom. The van der Waals surface area contributed by atoms with Crippen LogP contribution in [-0.2, 0) is 0 Å². The molecule has 1 N–H and O–H groups in total. The molecule has 0 spiro atoms. The second-order valence-electron chi connectivity index (χ2n) is 3.88. The van der Waals surface area contributed by atoms with E-state index < -0.39 is 0 Å². The molecule has 0 bridgehead atoms. The Hall–Kier alpha value is -1.04. The number of aryl methyl sites for hydroxylation is 1. The Kier molecular flexibility index (Phi) is 4.14. The molecule has 0 radical (unpaired) electrons. The van der Waals surface area contributed by atoms with Crippen molar-refractivity contribution in [3.05, 3.63) is 34.3 Å². The lowest BCUT2D eigenvalue weighted by Crippen LogP contribution is -2.27. The van der Waals surface area contributed by atoms with Gasteiger partial charge in [-0.25, -0.2) is 0 Å². The SMILES string of the molecule is Cc1cc(Cl)ccc1C(C#N)NC(C)C. The molecule has 0 amide bonds. The first kappa shape index (κ1) is 12.0. The van der Waals surface area contributed by atoms with Crippen LogP contribution in [0, 0.1) is 18.3 Å². The van der Waals surface area contributed by atoms with Crippen molar-refractivity contribution in [2.45, 2.75) is 32.9 Å². The molecule has 80 valence electrons. The summed E-state index contributed by atoms with van der Waals surface area (Å²) >= 11 is 5.87. The summed E-state index contributed by atoms with van der Waals surface area (Å²) in [4.78, 5) is 0. The quantitative estimate of drug-likeness (QED) is 0.853. The van der Waals surface area contributed by atoms with Crippen LogP contribution in [0.15, 0.2) is 18.2 Å². The molecule has 0 aromatic heterocycles. The van der Waals surface area contributed by atoms with E-state index in [9.17, 15) is 0 Å². The van der Waals surface area contributed by atoms with Crippen molar-refractivity contribution in [1.29, 1.82) is 5.26 Å². The molecule has 3 heteroatoms. The number of rotatable bonds is 3. The smallest absolute Gasteiger partial charge is 0.121 e. The van der Waals surface area contributed by atoms with E-state index in [0.29, 0.717) is 5.02 Å². The molecule has 0 saturated heterocycles. The lowest BCUT2D eigenvalue weighted by Gasteiger charge is -2.16. The highest BCUT2D eigenvalue weighted by Crippen LogP contribution is 2.21. The van der Waals surface area contributed by atoms with Crippen molar-refractivity contribution in [3.63, 3.8) is 0 Å². The van der Waals surface area contributed by atoms with Crippen molar-refractivity contribution < 1.29 is 0 Å². The van der Waals surface area contributed by atoms with E-state index in [1.165, 1.54) is 0 Å². The van der Waals surface area contributed by atoms with Crippen molar-refractivity contribution >= 4 is 11.6 Å². The molecule has 0 fully saturated rings. The molecule has 1 aromatic rings. The fourth-order valence-corrected chi connectivity index (χ4v) is 1.72. The second kappa shape index (κ2) is 5.16. The molecular formula is C12H15ClN2. The Balaban J connectivity index is 2.98. The molecule has 1 rings (SSSR count). The van der Waals surface area contributed by atoms with Gasteiger partial charge in [-0.1, -0.05) is 17.7 Å². The third kappa shape index (κ3) is 3.23. The highest BCUT2D eigenvalue weighted by Gasteiger charge is 2.13. The molecule has 1 aromatic carbocycles. The summed E-state index contributed by atoms with van der Waals surface area (Å²) in [6, 6.07) is 7.87. The van der Waals surface area contributed by atoms with Crippen LogP contribution in [0.2, 0.25) is 5.02 Å². The van der Waals surface area contributed by atoms with E-state index in [1.807, 2.05) is 39.0 Å². The maximum Gasteiger partial charge on any atom is 0.121 e. The normalized spacial score (nSPS) is 12.5. The molecule has 0 heterocycles. The molecule has 15 heavy (non-hydrogen) atoms. The average molecular weight is 223 g/mol. The van der Waals surface area contributed by atoms with Crippen molar-refractivity contribution in [3.8, 4) is 6.07 Å². The number of nitriles is 1. The van der Waals surface area contributed by atoms with Gasteiger partial charge in [0, 0.05) is 11.1 Å². The van der Waals surface area contributed by atoms with E-state index >= 15 is 0 Å². The summed E-state index contributed by atoms with van der Waals surface area (Å²) in [5.41, 5.74) is 2.04. The maximum atomic E-state index is 9.08. The van der Waals surface area contributed by atoms with E-state index in [-0.39, 0.29) is 12.1 Å². The van der Waals surface area contributed by atoms with Crippen molar-refractivity contribution in [2.24, 2.45) is 0 Å². The maximum absolute atomic E-state index is 9.08. The Morgan fingerprint density at radius 3 is 2.53 bits per heavy atom. The highest BCUT2D eigenvalue weighted by molar-refractivity contribution is 6.30. The molecule has 0 aliphatic heterocycles. The number of hydrogen-bond donors (Lipinski definition) is 1. The minimum atomic E-state index is -0.262. The Labute approximate surface area is 95.9 Å². The first-order valence-electron chi connectivity index (χ1n) is 4.96. The molecule has 0 aliphatic rings. The summed E-state index contributed by atoms with van der Waals surface area (Å²) in [5, 5.41) is 13.0. The van der Waals surface area contributed by atoms with Gasteiger partial charge in [-0.15, -0.1) is 0 Å². The van der Waals surface area contributed by atoms with Gasteiger partial charge in [0.05, 0.1) is 6.07 Å². The predicted molar refractivity (Wildman–Crippen MR) is 62.8 cm³/mol. The number of benzene rings is 1. The summed E-state index contributed by atoms with van der Waals surface area (Å²) in [6.45, 7) is 6.01. The van der Waals surface area contributed by atoms with Gasteiger partial charge < -0.3 is 0 Å². The second-order valence-corrected chi connectivity index (χ2v) is 4.32. The molecule has 0 aliphatic carbocycles. The van der Waals surface area contributed by atoms with Crippen LogP contribution in [0.3, 0.4) is 0 Å². The predicted octanol–water partition coefficient (Wildman–Crippen LogP) is 3.21. The Bertz CT molecular complexity index is 380. The molecule has 1 atom stereocenters. The van der Waals surface area contributed by atoms with Crippen molar-refractivity contribution in [2.75, 3.05) is 0 Å². The van der Waals surface area contributed by atoms with Gasteiger partial charge in [0.2, 0.25) is 0 Å². The first-order chi connectivity index (χ1) is 7.04. The van der Waals surface area contributed by atoms with E-state index in [1.54, 1.807) is 0 Å². The summed E-state index contributed by atoms with van der Waals surface area (Å²) in [6.07, 6.45) is 0. The van der Waals surface area contributed by atoms with Gasteiger partial charge in [0.15, 0.2) is 0 Å². The largest absolute Gasteiger partial charge is 0.296 e. The van der Waals surface area contributed by atoms with Crippen LogP contribution in [0.25, 0.3) is 0 Å². The van der Waals surface area contributed by atoms with Gasteiger partial charge in [-0.3, -0.25) is 5.32 Å². The zero-order chi connectivity index (χ0) is 11.4. The standard InChI is InChI=1S/C12H15ClN2/c1-8(2)15-12(7-14)11-5-4-10(13)6-9(11)3/h4-6,8,12,15H,1-3H3. The molecule has 1 unspecified atom stereocenters. The van der Waals surface area contributed by atoms with E-state index in [0.717, 1.165) is 11.1 Å². The highest BCUT2D eigenvalue weighted by atomic mass is 35.5. The topological polar surface area (TPSA) is 35.8 Å². The summed E-state index contributed by atoms with van der Waals surface area (Å²) in [5.74, 6) is 0. The zero-order valence-corrected chi connectivity index (χ0v) is 9.97. The van der Waals surface area contributed by atoms with Crippen molar-refractivity contribution in [1.82, 2.24) is 5.32 Å². The minimum absolute atomic E-state index is 0.262.